The maximum absolute atomic E-state index is 3.35. The minimum Gasteiger partial charge on any atom is -0.313 e. The van der Waals surface area contributed by atoms with Crippen molar-refractivity contribution in [1.29, 1.82) is 0 Å². The molecule has 1 saturated carbocycles. The maximum atomic E-state index is 3.35. The third kappa shape index (κ3) is 1.60. The van der Waals surface area contributed by atoms with E-state index >= 15 is 0 Å². The van der Waals surface area contributed by atoms with Crippen molar-refractivity contribution in [1.82, 2.24) is 5.32 Å². The molecule has 0 aromatic heterocycles. The monoisotopic (exact) mass is 137 g/mol. The summed E-state index contributed by atoms with van der Waals surface area (Å²) in [6.45, 7) is 2.36. The molecule has 1 N–H and O–H groups in total. The van der Waals surface area contributed by atoms with Crippen molar-refractivity contribution >= 4 is 0 Å². The summed E-state index contributed by atoms with van der Waals surface area (Å²) in [6.07, 6.45) is 8.08. The average molecular weight is 137 g/mol. The Labute approximate surface area is 62.5 Å². The van der Waals surface area contributed by atoms with E-state index < -0.39 is 0 Å². The number of hydrogen-bond acceptors (Lipinski definition) is 1. The van der Waals surface area contributed by atoms with E-state index in [1.165, 1.54) is 32.2 Å². The molecule has 2 aliphatic rings. The minimum absolute atomic E-state index is 1.06. The molecule has 0 amide bonds. The zero-order chi connectivity index (χ0) is 6.81. The normalized spacial score (nSPS) is 29.8. The lowest BCUT2D eigenvalue weighted by atomic mass is 10.1. The lowest BCUT2D eigenvalue weighted by Crippen LogP contribution is -2.04. The van der Waals surface area contributed by atoms with E-state index in [2.05, 4.69) is 11.4 Å². The van der Waals surface area contributed by atoms with Crippen LogP contribution in [-0.2, 0) is 0 Å². The lowest BCUT2D eigenvalue weighted by molar-refractivity contribution is 0.850. The van der Waals surface area contributed by atoms with Crippen LogP contribution in [0.2, 0.25) is 0 Å². The van der Waals surface area contributed by atoms with Crippen LogP contribution in [0, 0.1) is 5.92 Å². The van der Waals surface area contributed by atoms with Gasteiger partial charge in [0.2, 0.25) is 0 Å². The van der Waals surface area contributed by atoms with Crippen LogP contribution in [0.25, 0.3) is 0 Å². The summed E-state index contributed by atoms with van der Waals surface area (Å²) in [7, 11) is 0. The highest BCUT2D eigenvalue weighted by Crippen LogP contribution is 2.33. The zero-order valence-electron chi connectivity index (χ0n) is 6.40. The van der Waals surface area contributed by atoms with Gasteiger partial charge in [0.25, 0.3) is 0 Å². The molecule has 56 valence electrons. The molecule has 0 atom stereocenters. The summed E-state index contributed by atoms with van der Waals surface area (Å²) in [5, 5.41) is 3.35. The molecule has 0 spiro atoms. The summed E-state index contributed by atoms with van der Waals surface area (Å²) in [6, 6.07) is 0. The number of allylic oxidation sites excluding steroid dienone is 1. The van der Waals surface area contributed by atoms with Gasteiger partial charge in [-0.2, -0.15) is 0 Å². The maximum Gasteiger partial charge on any atom is 0.0165 e. The molecule has 2 fully saturated rings. The van der Waals surface area contributed by atoms with Gasteiger partial charge in [0.1, 0.15) is 0 Å². The van der Waals surface area contributed by atoms with Crippen LogP contribution in [0.4, 0.5) is 0 Å². The van der Waals surface area contributed by atoms with E-state index in [9.17, 15) is 0 Å². The Morgan fingerprint density at radius 2 is 2.40 bits per heavy atom. The van der Waals surface area contributed by atoms with Gasteiger partial charge in [0, 0.05) is 6.54 Å². The van der Waals surface area contributed by atoms with Crippen LogP contribution in [0.15, 0.2) is 11.6 Å². The van der Waals surface area contributed by atoms with Crippen LogP contribution in [0.3, 0.4) is 0 Å². The second-order valence-electron chi connectivity index (χ2n) is 3.47. The molecule has 1 aliphatic carbocycles. The highest BCUT2D eigenvalue weighted by Gasteiger charge is 2.19. The quantitative estimate of drug-likeness (QED) is 0.571. The third-order valence-electron chi connectivity index (χ3n) is 2.41. The van der Waals surface area contributed by atoms with Gasteiger partial charge in [-0.1, -0.05) is 11.6 Å². The topological polar surface area (TPSA) is 12.0 Å². The first kappa shape index (κ1) is 6.41. The summed E-state index contributed by atoms with van der Waals surface area (Å²) < 4.78 is 0. The molecular weight excluding hydrogens is 122 g/mol. The largest absolute Gasteiger partial charge is 0.313 e. The summed E-state index contributed by atoms with van der Waals surface area (Å²) in [5.41, 5.74) is 1.65. The Morgan fingerprint density at radius 3 is 3.00 bits per heavy atom. The Hall–Kier alpha value is -0.300. The molecule has 1 heterocycles. The fourth-order valence-corrected chi connectivity index (χ4v) is 1.45. The molecule has 10 heavy (non-hydrogen) atoms. The molecule has 1 heteroatoms. The minimum atomic E-state index is 1.06. The smallest absolute Gasteiger partial charge is 0.0165 e. The first-order valence-corrected chi connectivity index (χ1v) is 4.34. The molecule has 0 aromatic rings. The highest BCUT2D eigenvalue weighted by atomic mass is 14.9. The van der Waals surface area contributed by atoms with Gasteiger partial charge >= 0.3 is 0 Å². The molecule has 0 bridgehead atoms. The molecule has 2 rings (SSSR count). The molecule has 1 aliphatic heterocycles. The van der Waals surface area contributed by atoms with E-state index in [0.29, 0.717) is 0 Å². The van der Waals surface area contributed by atoms with Gasteiger partial charge in [-0.3, -0.25) is 0 Å². The van der Waals surface area contributed by atoms with Crippen LogP contribution in [0.5, 0.6) is 0 Å². The third-order valence-corrected chi connectivity index (χ3v) is 2.41. The van der Waals surface area contributed by atoms with Crippen LogP contribution in [0.1, 0.15) is 25.7 Å². The standard InChI is InChI=1S/C9H15N/c1-2-8(1)3-4-9-5-6-10-7-9/h4,8,10H,1-3,5-7H2/b9-4-. The number of nitrogens with one attached hydrogen (secondary N) is 1. The Balaban J connectivity index is 1.77. The van der Waals surface area contributed by atoms with Gasteiger partial charge < -0.3 is 5.32 Å². The van der Waals surface area contributed by atoms with Gasteiger partial charge in [-0.25, -0.2) is 0 Å². The predicted molar refractivity (Wildman–Crippen MR) is 42.9 cm³/mol. The number of rotatable bonds is 2. The van der Waals surface area contributed by atoms with E-state index in [1.807, 2.05) is 0 Å². The van der Waals surface area contributed by atoms with Crippen molar-refractivity contribution in [3.05, 3.63) is 11.6 Å². The van der Waals surface area contributed by atoms with E-state index in [4.69, 9.17) is 0 Å². The van der Waals surface area contributed by atoms with Crippen LogP contribution >= 0.6 is 0 Å². The van der Waals surface area contributed by atoms with Crippen molar-refractivity contribution < 1.29 is 0 Å². The van der Waals surface area contributed by atoms with Crippen molar-refractivity contribution in [2.75, 3.05) is 13.1 Å². The van der Waals surface area contributed by atoms with E-state index in [0.717, 1.165) is 12.5 Å². The fourth-order valence-electron chi connectivity index (χ4n) is 1.45. The first-order chi connectivity index (χ1) is 4.95. The summed E-state index contributed by atoms with van der Waals surface area (Å²) in [5.74, 6) is 1.06. The molecule has 1 nitrogen and oxygen atoms in total. The van der Waals surface area contributed by atoms with E-state index in [1.54, 1.807) is 5.57 Å². The van der Waals surface area contributed by atoms with Gasteiger partial charge in [-0.15, -0.1) is 0 Å². The van der Waals surface area contributed by atoms with Gasteiger partial charge in [-0.05, 0) is 38.1 Å². The Morgan fingerprint density at radius 1 is 1.50 bits per heavy atom. The molecule has 0 aromatic carbocycles. The highest BCUT2D eigenvalue weighted by molar-refractivity contribution is 5.09. The molecule has 0 unspecified atom stereocenters. The van der Waals surface area contributed by atoms with Crippen molar-refractivity contribution in [3.63, 3.8) is 0 Å². The van der Waals surface area contributed by atoms with Gasteiger partial charge in [0.05, 0.1) is 0 Å². The molecule has 0 radical (unpaired) electrons. The zero-order valence-corrected chi connectivity index (χ0v) is 6.40. The fraction of sp³-hybridized carbons (Fsp3) is 0.778. The average Bonchev–Trinajstić information content (AvgIpc) is 2.63. The van der Waals surface area contributed by atoms with Crippen molar-refractivity contribution in [3.8, 4) is 0 Å². The summed E-state index contributed by atoms with van der Waals surface area (Å²) in [4.78, 5) is 0. The molecular formula is C9H15N. The molecule has 1 saturated heterocycles. The summed E-state index contributed by atoms with van der Waals surface area (Å²) >= 11 is 0. The SMILES string of the molecule is C(/CC1CC1)=C1\CCNC1. The second kappa shape index (κ2) is 2.75. The van der Waals surface area contributed by atoms with Crippen molar-refractivity contribution in [2.45, 2.75) is 25.7 Å². The van der Waals surface area contributed by atoms with E-state index in [-0.39, 0.29) is 0 Å². The Bertz CT molecular complexity index is 137. The lowest BCUT2D eigenvalue weighted by Gasteiger charge is -1.92. The Kier molecular flexibility index (Phi) is 1.76. The first-order valence-electron chi connectivity index (χ1n) is 4.34. The predicted octanol–water partition coefficient (Wildman–Crippen LogP) is 1.71. The second-order valence-corrected chi connectivity index (χ2v) is 3.47. The number of hydrogen-bond donors (Lipinski definition) is 1. The van der Waals surface area contributed by atoms with Crippen LogP contribution < -0.4 is 5.32 Å². The van der Waals surface area contributed by atoms with Crippen molar-refractivity contribution in [2.24, 2.45) is 5.92 Å². The van der Waals surface area contributed by atoms with Gasteiger partial charge in [0.15, 0.2) is 0 Å². The van der Waals surface area contributed by atoms with Crippen LogP contribution in [-0.4, -0.2) is 13.1 Å².